The predicted octanol–water partition coefficient (Wildman–Crippen LogP) is 4.72. The Morgan fingerprint density at radius 3 is 2.84 bits per heavy atom. The standard InChI is InChI=1S/C29H38N4O3.ClH/c34-27(35)18-26(23-6-1-5-22(17-23)20-10-11-20)32-29(36)24-8-3-15-33(19-24)16-4-9-25-13-12-21-7-2-14-30-28(21)31-25;/h1,5-6,12-13,17,20,24,26H,2-4,7-11,14-16,18-19H2,(H,30,31)(H,32,36)(H,34,35);1H. The summed E-state index contributed by atoms with van der Waals surface area (Å²) in [5, 5.41) is 16.0. The van der Waals surface area contributed by atoms with Crippen molar-refractivity contribution >= 4 is 30.1 Å². The summed E-state index contributed by atoms with van der Waals surface area (Å²) in [6.07, 6.45) is 8.33. The minimum absolute atomic E-state index is 0. The van der Waals surface area contributed by atoms with E-state index in [1.165, 1.54) is 30.4 Å². The topological polar surface area (TPSA) is 94.6 Å². The van der Waals surface area contributed by atoms with Crippen LogP contribution in [0, 0.1) is 5.92 Å². The molecule has 2 atom stereocenters. The molecule has 3 N–H and O–H groups in total. The summed E-state index contributed by atoms with van der Waals surface area (Å²) in [6.45, 7) is 3.68. The Labute approximate surface area is 225 Å². The molecular formula is C29H39ClN4O3. The molecule has 2 fully saturated rings. The van der Waals surface area contributed by atoms with Gasteiger partial charge in [0.2, 0.25) is 5.91 Å². The Kier molecular flexibility index (Phi) is 9.43. The number of fused-ring (bicyclic) bond motifs is 1. The number of anilines is 1. The molecule has 2 aliphatic heterocycles. The highest BCUT2D eigenvalue weighted by Crippen LogP contribution is 2.40. The third-order valence-corrected chi connectivity index (χ3v) is 7.79. The van der Waals surface area contributed by atoms with Crippen molar-refractivity contribution in [3.63, 3.8) is 0 Å². The average molecular weight is 527 g/mol. The van der Waals surface area contributed by atoms with Crippen molar-refractivity contribution in [1.82, 2.24) is 15.2 Å². The van der Waals surface area contributed by atoms with Crippen molar-refractivity contribution in [2.75, 3.05) is 31.5 Å². The zero-order chi connectivity index (χ0) is 24.9. The minimum Gasteiger partial charge on any atom is -0.481 e. The fourth-order valence-electron chi connectivity index (χ4n) is 5.63. The maximum Gasteiger partial charge on any atom is 0.305 e. The molecule has 8 heteroatoms. The van der Waals surface area contributed by atoms with Crippen LogP contribution >= 0.6 is 12.4 Å². The monoisotopic (exact) mass is 526 g/mol. The zero-order valence-corrected chi connectivity index (χ0v) is 22.3. The number of carboxylic acids is 1. The van der Waals surface area contributed by atoms with Gasteiger partial charge in [-0.3, -0.25) is 9.59 Å². The van der Waals surface area contributed by atoms with Crippen molar-refractivity contribution in [2.24, 2.45) is 5.92 Å². The van der Waals surface area contributed by atoms with Crippen molar-refractivity contribution in [1.29, 1.82) is 0 Å². The highest BCUT2D eigenvalue weighted by molar-refractivity contribution is 5.85. The van der Waals surface area contributed by atoms with Crippen LogP contribution in [-0.2, 0) is 22.4 Å². The summed E-state index contributed by atoms with van der Waals surface area (Å²) in [7, 11) is 0. The van der Waals surface area contributed by atoms with E-state index in [0.29, 0.717) is 5.92 Å². The molecule has 2 aromatic rings. The van der Waals surface area contributed by atoms with E-state index in [2.05, 4.69) is 39.8 Å². The summed E-state index contributed by atoms with van der Waals surface area (Å²) >= 11 is 0. The Bertz CT molecular complexity index is 1090. The molecule has 1 saturated carbocycles. The molecule has 2 unspecified atom stereocenters. The highest BCUT2D eigenvalue weighted by atomic mass is 35.5. The molecule has 1 aliphatic carbocycles. The molecular weight excluding hydrogens is 488 g/mol. The van der Waals surface area contributed by atoms with Crippen LogP contribution in [0.25, 0.3) is 0 Å². The first kappa shape index (κ1) is 27.4. The molecule has 0 bridgehead atoms. The van der Waals surface area contributed by atoms with Crippen molar-refractivity contribution in [2.45, 2.75) is 69.7 Å². The Hall–Kier alpha value is -2.64. The van der Waals surface area contributed by atoms with E-state index in [9.17, 15) is 14.7 Å². The van der Waals surface area contributed by atoms with Gasteiger partial charge in [0.15, 0.2) is 0 Å². The summed E-state index contributed by atoms with van der Waals surface area (Å²) in [5.41, 5.74) is 4.59. The van der Waals surface area contributed by atoms with Gasteiger partial charge >= 0.3 is 5.97 Å². The van der Waals surface area contributed by atoms with Gasteiger partial charge in [0.25, 0.3) is 0 Å². The number of carbonyl (C=O) groups excluding carboxylic acids is 1. The number of amides is 1. The number of carbonyl (C=O) groups is 2. The minimum atomic E-state index is -0.895. The van der Waals surface area contributed by atoms with Gasteiger partial charge in [-0.05, 0) is 93.1 Å². The van der Waals surface area contributed by atoms with E-state index in [-0.39, 0.29) is 30.7 Å². The van der Waals surface area contributed by atoms with E-state index >= 15 is 0 Å². The first-order valence-corrected chi connectivity index (χ1v) is 13.6. The molecule has 1 aromatic heterocycles. The molecule has 200 valence electrons. The van der Waals surface area contributed by atoms with E-state index in [0.717, 1.165) is 75.4 Å². The maximum atomic E-state index is 13.2. The third kappa shape index (κ3) is 7.45. The number of carboxylic acid groups (broad SMARTS) is 1. The van der Waals surface area contributed by atoms with Crippen molar-refractivity contribution in [3.05, 3.63) is 58.8 Å². The Morgan fingerprint density at radius 1 is 1.16 bits per heavy atom. The Balaban J connectivity index is 0.00000320. The number of hydrogen-bond acceptors (Lipinski definition) is 5. The summed E-state index contributed by atoms with van der Waals surface area (Å²) in [4.78, 5) is 32.0. The van der Waals surface area contributed by atoms with Gasteiger partial charge in [-0.1, -0.05) is 30.3 Å². The molecule has 0 radical (unpaired) electrons. The van der Waals surface area contributed by atoms with Crippen molar-refractivity contribution < 1.29 is 14.7 Å². The van der Waals surface area contributed by atoms with Gasteiger partial charge in [0.05, 0.1) is 18.4 Å². The number of aliphatic carboxylic acids is 1. The van der Waals surface area contributed by atoms with Gasteiger partial charge in [0, 0.05) is 18.8 Å². The third-order valence-electron chi connectivity index (χ3n) is 7.79. The lowest BCUT2D eigenvalue weighted by atomic mass is 9.94. The average Bonchev–Trinajstić information content (AvgIpc) is 3.74. The van der Waals surface area contributed by atoms with Crippen LogP contribution in [0.3, 0.4) is 0 Å². The van der Waals surface area contributed by atoms with Gasteiger partial charge in [-0.25, -0.2) is 4.98 Å². The van der Waals surface area contributed by atoms with Crippen LogP contribution in [0.15, 0.2) is 36.4 Å². The lowest BCUT2D eigenvalue weighted by molar-refractivity contribution is -0.138. The first-order valence-electron chi connectivity index (χ1n) is 13.6. The van der Waals surface area contributed by atoms with E-state index in [1.807, 2.05) is 12.1 Å². The number of piperidine rings is 1. The SMILES string of the molecule is Cl.O=C(O)CC(NC(=O)C1CCCN(CCCc2ccc3c(n2)NCCC3)C1)c1cccc(C2CC2)c1. The maximum absolute atomic E-state index is 13.2. The normalized spacial score (nSPS) is 20.2. The molecule has 1 amide bonds. The molecule has 0 spiro atoms. The largest absolute Gasteiger partial charge is 0.481 e. The number of aryl methyl sites for hydroxylation is 2. The molecule has 37 heavy (non-hydrogen) atoms. The number of nitrogens with one attached hydrogen (secondary N) is 2. The molecule has 7 nitrogen and oxygen atoms in total. The van der Waals surface area contributed by atoms with Crippen molar-refractivity contribution in [3.8, 4) is 0 Å². The number of halogens is 1. The predicted molar refractivity (Wildman–Crippen MR) is 147 cm³/mol. The van der Waals surface area contributed by atoms with Crippen LogP contribution in [0.2, 0.25) is 0 Å². The number of likely N-dealkylation sites (tertiary alicyclic amines) is 1. The fourth-order valence-corrected chi connectivity index (χ4v) is 5.63. The number of benzene rings is 1. The molecule has 3 aliphatic rings. The smallest absolute Gasteiger partial charge is 0.305 e. The molecule has 1 saturated heterocycles. The fraction of sp³-hybridized carbons (Fsp3) is 0.552. The van der Waals surface area contributed by atoms with Crippen LogP contribution in [0.5, 0.6) is 0 Å². The van der Waals surface area contributed by atoms with Crippen LogP contribution in [-0.4, -0.2) is 53.0 Å². The van der Waals surface area contributed by atoms with Crippen LogP contribution < -0.4 is 10.6 Å². The van der Waals surface area contributed by atoms with E-state index < -0.39 is 12.0 Å². The van der Waals surface area contributed by atoms with Crippen LogP contribution in [0.4, 0.5) is 5.82 Å². The van der Waals surface area contributed by atoms with E-state index in [1.54, 1.807) is 0 Å². The second-order valence-electron chi connectivity index (χ2n) is 10.7. The van der Waals surface area contributed by atoms with Gasteiger partial charge in [0.1, 0.15) is 5.82 Å². The summed E-state index contributed by atoms with van der Waals surface area (Å²) in [5.74, 6) is 0.615. The summed E-state index contributed by atoms with van der Waals surface area (Å²) < 4.78 is 0. The second kappa shape index (κ2) is 12.7. The molecule has 1 aromatic carbocycles. The number of aromatic nitrogens is 1. The van der Waals surface area contributed by atoms with Gasteiger partial charge in [-0.2, -0.15) is 0 Å². The molecule has 5 rings (SSSR count). The number of rotatable bonds is 10. The highest BCUT2D eigenvalue weighted by Gasteiger charge is 2.29. The lowest BCUT2D eigenvalue weighted by Crippen LogP contribution is -2.44. The molecule has 3 heterocycles. The van der Waals surface area contributed by atoms with Crippen LogP contribution in [0.1, 0.15) is 79.3 Å². The summed E-state index contributed by atoms with van der Waals surface area (Å²) in [6, 6.07) is 12.0. The number of pyridine rings is 1. The lowest BCUT2D eigenvalue weighted by Gasteiger charge is -2.33. The second-order valence-corrected chi connectivity index (χ2v) is 10.7. The number of nitrogens with zero attached hydrogens (tertiary/aromatic N) is 2. The van der Waals surface area contributed by atoms with Gasteiger partial charge in [-0.15, -0.1) is 12.4 Å². The zero-order valence-electron chi connectivity index (χ0n) is 21.5. The van der Waals surface area contributed by atoms with Gasteiger partial charge < -0.3 is 20.6 Å². The first-order chi connectivity index (χ1) is 17.5. The Morgan fingerprint density at radius 2 is 2.03 bits per heavy atom. The number of hydrogen-bond donors (Lipinski definition) is 3. The van der Waals surface area contributed by atoms with E-state index in [4.69, 9.17) is 4.98 Å². The quantitative estimate of drug-likeness (QED) is 0.415.